The summed E-state index contributed by atoms with van der Waals surface area (Å²) in [6, 6.07) is 7.88. The zero-order valence-electron chi connectivity index (χ0n) is 19.3. The summed E-state index contributed by atoms with van der Waals surface area (Å²) >= 11 is 0. The van der Waals surface area contributed by atoms with Crippen molar-refractivity contribution < 1.29 is 14.3 Å². The van der Waals surface area contributed by atoms with Crippen LogP contribution in [0.15, 0.2) is 36.5 Å². The van der Waals surface area contributed by atoms with Crippen LogP contribution in [-0.2, 0) is 0 Å². The molecule has 1 aromatic carbocycles. The molecule has 8 nitrogen and oxygen atoms in total. The maximum atomic E-state index is 13.6. The number of ether oxygens (including phenoxy) is 1. The summed E-state index contributed by atoms with van der Waals surface area (Å²) in [5.41, 5.74) is 3.99. The minimum absolute atomic E-state index is 0.0601. The summed E-state index contributed by atoms with van der Waals surface area (Å²) in [5, 5.41) is 6.15. The van der Waals surface area contributed by atoms with Crippen LogP contribution in [0.3, 0.4) is 0 Å². The molecule has 0 saturated carbocycles. The quantitative estimate of drug-likeness (QED) is 0.716. The molecule has 0 spiro atoms. The van der Waals surface area contributed by atoms with Crippen LogP contribution in [0.25, 0.3) is 5.57 Å². The van der Waals surface area contributed by atoms with E-state index in [0.29, 0.717) is 42.5 Å². The van der Waals surface area contributed by atoms with Gasteiger partial charge in [0.1, 0.15) is 18.2 Å². The van der Waals surface area contributed by atoms with Crippen LogP contribution < -0.4 is 15.4 Å². The van der Waals surface area contributed by atoms with Gasteiger partial charge >= 0.3 is 0 Å². The lowest BCUT2D eigenvalue weighted by Crippen LogP contribution is -2.43. The number of carbonyl (C=O) groups is 2. The molecule has 2 fully saturated rings. The molecule has 0 radical (unpaired) electrons. The first kappa shape index (κ1) is 21.2. The smallest absolute Gasteiger partial charge is 0.255 e. The van der Waals surface area contributed by atoms with E-state index in [1.54, 1.807) is 12.3 Å². The number of anilines is 1. The lowest BCUT2D eigenvalue weighted by Gasteiger charge is -2.30. The largest absolute Gasteiger partial charge is 0.491 e. The maximum absolute atomic E-state index is 13.6. The number of nitrogens with one attached hydrogen (secondary N) is 2. The Bertz CT molecular complexity index is 1190. The van der Waals surface area contributed by atoms with Gasteiger partial charge in [0.15, 0.2) is 0 Å². The van der Waals surface area contributed by atoms with E-state index >= 15 is 0 Å². The number of hydrogen-bond donors (Lipinski definition) is 2. The second-order valence-electron chi connectivity index (χ2n) is 9.70. The number of carbonyl (C=O) groups excluding carboxylic acids is 2. The van der Waals surface area contributed by atoms with Gasteiger partial charge in [-0.2, -0.15) is 0 Å². The first-order valence-corrected chi connectivity index (χ1v) is 12.1. The van der Waals surface area contributed by atoms with Crippen molar-refractivity contribution in [1.29, 1.82) is 0 Å². The number of likely N-dealkylation sites (N-methyl/N-ethyl adjacent to an activating group) is 1. The van der Waals surface area contributed by atoms with E-state index in [4.69, 9.17) is 4.74 Å². The van der Waals surface area contributed by atoms with E-state index in [-0.39, 0.29) is 17.9 Å². The molecule has 2 saturated heterocycles. The van der Waals surface area contributed by atoms with E-state index in [1.807, 2.05) is 18.2 Å². The van der Waals surface area contributed by atoms with Gasteiger partial charge in [-0.15, -0.1) is 0 Å². The molecule has 2 aromatic rings. The van der Waals surface area contributed by atoms with Gasteiger partial charge in [0.25, 0.3) is 11.8 Å². The highest BCUT2D eigenvalue weighted by molar-refractivity contribution is 5.99. The number of fused-ring (bicyclic) bond motifs is 4. The average molecular weight is 460 g/mol. The van der Waals surface area contributed by atoms with Crippen LogP contribution in [0.1, 0.15) is 44.7 Å². The van der Waals surface area contributed by atoms with Crippen molar-refractivity contribution >= 4 is 23.2 Å². The second-order valence-corrected chi connectivity index (χ2v) is 9.70. The van der Waals surface area contributed by atoms with E-state index in [0.717, 1.165) is 55.0 Å². The Morgan fingerprint density at radius 2 is 2.09 bits per heavy atom. The molecule has 34 heavy (non-hydrogen) atoms. The molecule has 8 heteroatoms. The molecule has 2 bridgehead atoms. The fraction of sp³-hybridized carbons (Fsp3) is 0.423. The van der Waals surface area contributed by atoms with Crippen LogP contribution in [0.4, 0.5) is 5.82 Å². The van der Waals surface area contributed by atoms with Gasteiger partial charge < -0.3 is 25.2 Å². The van der Waals surface area contributed by atoms with Crippen molar-refractivity contribution in [2.45, 2.75) is 18.9 Å². The minimum Gasteiger partial charge on any atom is -0.491 e. The lowest BCUT2D eigenvalue weighted by molar-refractivity contribution is 0.0692. The number of benzene rings is 1. The monoisotopic (exact) mass is 459 g/mol. The Kier molecular flexibility index (Phi) is 5.25. The highest BCUT2D eigenvalue weighted by atomic mass is 16.5. The van der Waals surface area contributed by atoms with E-state index < -0.39 is 0 Å². The van der Waals surface area contributed by atoms with Crippen LogP contribution in [0.2, 0.25) is 0 Å². The standard InChI is InChI=1S/C26H29N5O3/c1-30-8-5-16-10-19(15-30)31(14-16)26(33)18-11-22-20(4-6-27-24(22)29-13-18)17-2-3-21-23(12-17)34-9-7-28-25(21)32/h2-4,11-13,16,19H,5-10,14-15H2,1H3,(H,27,29)(H,28,32). The SMILES string of the molecule is CN1CCC2CC(C1)N(C(=O)c1cnc3c(c1)C(c1ccc4c(c1)OCCNC4=O)=CCN3)C2. The number of pyridine rings is 1. The third-order valence-corrected chi connectivity index (χ3v) is 7.39. The van der Waals surface area contributed by atoms with Gasteiger partial charge in [0, 0.05) is 37.4 Å². The minimum atomic E-state index is -0.120. The zero-order valence-corrected chi connectivity index (χ0v) is 19.3. The molecule has 4 aliphatic heterocycles. The maximum Gasteiger partial charge on any atom is 0.255 e. The third kappa shape index (κ3) is 3.72. The van der Waals surface area contributed by atoms with Crippen molar-refractivity contribution in [2.24, 2.45) is 5.92 Å². The van der Waals surface area contributed by atoms with Crippen molar-refractivity contribution in [1.82, 2.24) is 20.1 Å². The molecule has 2 amide bonds. The van der Waals surface area contributed by atoms with Gasteiger partial charge in [-0.25, -0.2) is 4.98 Å². The normalized spacial score (nSPS) is 24.0. The number of nitrogens with zero attached hydrogens (tertiary/aromatic N) is 3. The number of amides is 2. The zero-order chi connectivity index (χ0) is 23.2. The molecule has 5 heterocycles. The molecule has 0 aliphatic carbocycles. The van der Waals surface area contributed by atoms with Crippen LogP contribution >= 0.6 is 0 Å². The van der Waals surface area contributed by atoms with Gasteiger partial charge in [0.2, 0.25) is 0 Å². The van der Waals surface area contributed by atoms with E-state index in [2.05, 4.69) is 38.5 Å². The first-order chi connectivity index (χ1) is 16.6. The molecule has 2 N–H and O–H groups in total. The average Bonchev–Trinajstić information content (AvgIpc) is 3.03. The number of rotatable bonds is 2. The molecular formula is C26H29N5O3. The molecular weight excluding hydrogens is 430 g/mol. The van der Waals surface area contributed by atoms with Crippen molar-refractivity contribution in [2.75, 3.05) is 51.7 Å². The fourth-order valence-electron chi connectivity index (χ4n) is 5.64. The Balaban J connectivity index is 1.32. The summed E-state index contributed by atoms with van der Waals surface area (Å²) in [6.45, 7) is 4.43. The Hall–Kier alpha value is -3.39. The fourth-order valence-corrected chi connectivity index (χ4v) is 5.64. The molecule has 2 unspecified atom stereocenters. The molecule has 4 aliphatic rings. The topological polar surface area (TPSA) is 86.8 Å². The number of aromatic nitrogens is 1. The van der Waals surface area contributed by atoms with Gasteiger partial charge in [-0.05, 0) is 61.7 Å². The number of likely N-dealkylation sites (tertiary alicyclic amines) is 2. The Labute approximate surface area is 199 Å². The summed E-state index contributed by atoms with van der Waals surface area (Å²) in [5.74, 6) is 1.87. The highest BCUT2D eigenvalue weighted by Crippen LogP contribution is 2.36. The molecule has 176 valence electrons. The Morgan fingerprint density at radius 3 is 3.00 bits per heavy atom. The predicted molar refractivity (Wildman–Crippen MR) is 129 cm³/mol. The molecule has 1 aromatic heterocycles. The first-order valence-electron chi connectivity index (χ1n) is 12.1. The molecule has 2 atom stereocenters. The lowest BCUT2D eigenvalue weighted by atomic mass is 9.93. The van der Waals surface area contributed by atoms with Gasteiger partial charge in [-0.3, -0.25) is 9.59 Å². The van der Waals surface area contributed by atoms with Gasteiger partial charge in [0.05, 0.1) is 17.7 Å². The van der Waals surface area contributed by atoms with Crippen LogP contribution in [0, 0.1) is 5.92 Å². The van der Waals surface area contributed by atoms with Crippen molar-refractivity contribution in [3.8, 4) is 5.75 Å². The van der Waals surface area contributed by atoms with Crippen LogP contribution in [0.5, 0.6) is 5.75 Å². The molecule has 6 rings (SSSR count). The Morgan fingerprint density at radius 1 is 1.18 bits per heavy atom. The second kappa shape index (κ2) is 8.43. The summed E-state index contributed by atoms with van der Waals surface area (Å²) in [4.78, 5) is 34.9. The highest BCUT2D eigenvalue weighted by Gasteiger charge is 2.38. The summed E-state index contributed by atoms with van der Waals surface area (Å²) in [6.07, 6.45) is 6.03. The van der Waals surface area contributed by atoms with Crippen LogP contribution in [-0.4, -0.2) is 79.0 Å². The van der Waals surface area contributed by atoms with Gasteiger partial charge in [-0.1, -0.05) is 12.1 Å². The predicted octanol–water partition coefficient (Wildman–Crippen LogP) is 2.23. The summed E-state index contributed by atoms with van der Waals surface area (Å²) < 4.78 is 5.82. The van der Waals surface area contributed by atoms with E-state index in [9.17, 15) is 9.59 Å². The van der Waals surface area contributed by atoms with E-state index in [1.165, 1.54) is 0 Å². The summed E-state index contributed by atoms with van der Waals surface area (Å²) in [7, 11) is 2.14. The van der Waals surface area contributed by atoms with Crippen molar-refractivity contribution in [3.63, 3.8) is 0 Å². The van der Waals surface area contributed by atoms with Crippen molar-refractivity contribution in [3.05, 3.63) is 58.8 Å². The third-order valence-electron chi connectivity index (χ3n) is 7.39. The number of hydrogen-bond acceptors (Lipinski definition) is 6.